The fraction of sp³-hybridized carbons (Fsp3) is 0.917. The van der Waals surface area contributed by atoms with Gasteiger partial charge >= 0.3 is 5.97 Å². The lowest BCUT2D eigenvalue weighted by Crippen LogP contribution is -2.50. The molecule has 92 valence electrons. The molecule has 4 nitrogen and oxygen atoms in total. The van der Waals surface area contributed by atoms with Crippen molar-refractivity contribution in [2.45, 2.75) is 38.1 Å². The average Bonchev–Trinajstić information content (AvgIpc) is 2.28. The summed E-state index contributed by atoms with van der Waals surface area (Å²) in [5.41, 5.74) is -0.229. The van der Waals surface area contributed by atoms with Gasteiger partial charge in [0, 0.05) is 25.8 Å². The summed E-state index contributed by atoms with van der Waals surface area (Å²) in [6, 6.07) is 0.510. The molecule has 2 rings (SSSR count). The Hall–Kier alpha value is -0.610. The van der Waals surface area contributed by atoms with E-state index in [2.05, 4.69) is 5.32 Å². The van der Waals surface area contributed by atoms with Crippen LogP contribution in [0.15, 0.2) is 0 Å². The van der Waals surface area contributed by atoms with Crippen molar-refractivity contribution in [2.75, 3.05) is 26.9 Å². The third-order valence-corrected chi connectivity index (χ3v) is 3.88. The van der Waals surface area contributed by atoms with E-state index >= 15 is 0 Å². The van der Waals surface area contributed by atoms with Crippen LogP contribution in [-0.2, 0) is 14.3 Å². The Morgan fingerprint density at radius 3 is 2.62 bits per heavy atom. The molecule has 4 heteroatoms. The van der Waals surface area contributed by atoms with Gasteiger partial charge in [0.25, 0.3) is 0 Å². The van der Waals surface area contributed by atoms with Crippen LogP contribution in [0.25, 0.3) is 0 Å². The highest BCUT2D eigenvalue weighted by Gasteiger charge is 2.45. The van der Waals surface area contributed by atoms with Crippen molar-refractivity contribution in [1.82, 2.24) is 5.32 Å². The van der Waals surface area contributed by atoms with Gasteiger partial charge in [-0.15, -0.1) is 0 Å². The molecule has 0 bridgehead atoms. The number of hydrogen-bond donors (Lipinski definition) is 1. The predicted octanol–water partition coefficient (Wildman–Crippen LogP) is 1.10. The molecule has 0 radical (unpaired) electrons. The summed E-state index contributed by atoms with van der Waals surface area (Å²) in [5, 5.41) is 3.50. The Bertz CT molecular complexity index is 245. The molecular formula is C12H21NO3. The molecule has 2 aliphatic rings. The first-order valence-corrected chi connectivity index (χ1v) is 6.16. The third-order valence-electron chi connectivity index (χ3n) is 3.88. The minimum atomic E-state index is -0.229. The minimum absolute atomic E-state index is 0.0432. The van der Waals surface area contributed by atoms with E-state index in [0.717, 1.165) is 51.9 Å². The zero-order valence-electron chi connectivity index (χ0n) is 9.96. The summed E-state index contributed by atoms with van der Waals surface area (Å²) in [6.07, 6.45) is 5.19. The highest BCUT2D eigenvalue weighted by atomic mass is 16.5. The lowest BCUT2D eigenvalue weighted by molar-refractivity contribution is -0.158. The van der Waals surface area contributed by atoms with Crippen LogP contribution in [0.3, 0.4) is 0 Å². The van der Waals surface area contributed by atoms with E-state index in [1.54, 1.807) is 0 Å². The maximum Gasteiger partial charge on any atom is 0.313 e. The first-order valence-electron chi connectivity index (χ1n) is 6.16. The number of ether oxygens (including phenoxy) is 2. The van der Waals surface area contributed by atoms with Gasteiger partial charge in [-0.2, -0.15) is 0 Å². The monoisotopic (exact) mass is 227 g/mol. The summed E-state index contributed by atoms with van der Waals surface area (Å²) < 4.78 is 10.2. The second-order valence-electron chi connectivity index (χ2n) is 4.89. The Kier molecular flexibility index (Phi) is 3.82. The zero-order chi connectivity index (χ0) is 11.4. The molecule has 1 saturated carbocycles. The van der Waals surface area contributed by atoms with Gasteiger partial charge < -0.3 is 14.8 Å². The van der Waals surface area contributed by atoms with Crippen molar-refractivity contribution in [3.8, 4) is 0 Å². The average molecular weight is 227 g/mol. The molecule has 2 fully saturated rings. The van der Waals surface area contributed by atoms with Gasteiger partial charge in [-0.05, 0) is 25.7 Å². The van der Waals surface area contributed by atoms with E-state index in [0.29, 0.717) is 6.04 Å². The van der Waals surface area contributed by atoms with Gasteiger partial charge in [0.15, 0.2) is 0 Å². The second-order valence-corrected chi connectivity index (χ2v) is 4.89. The van der Waals surface area contributed by atoms with Crippen LogP contribution < -0.4 is 5.32 Å². The fourth-order valence-electron chi connectivity index (χ4n) is 2.51. The Balaban J connectivity index is 1.80. The molecule has 0 aromatic rings. The molecule has 1 aliphatic carbocycles. The van der Waals surface area contributed by atoms with E-state index in [1.807, 2.05) is 0 Å². The van der Waals surface area contributed by atoms with Crippen molar-refractivity contribution in [1.29, 1.82) is 0 Å². The maximum atomic E-state index is 11.7. The highest BCUT2D eigenvalue weighted by Crippen LogP contribution is 2.41. The van der Waals surface area contributed by atoms with Crippen LogP contribution in [0.2, 0.25) is 0 Å². The number of carbonyl (C=O) groups is 1. The van der Waals surface area contributed by atoms with E-state index in [-0.39, 0.29) is 11.4 Å². The number of methoxy groups -OCH3 is 1. The normalized spacial score (nSPS) is 24.8. The molecule has 0 aromatic heterocycles. The Morgan fingerprint density at radius 1 is 1.44 bits per heavy atom. The van der Waals surface area contributed by atoms with Crippen molar-refractivity contribution in [3.05, 3.63) is 0 Å². The summed E-state index contributed by atoms with van der Waals surface area (Å²) in [7, 11) is 1.48. The molecule has 1 heterocycles. The topological polar surface area (TPSA) is 47.6 Å². The smallest absolute Gasteiger partial charge is 0.313 e. The standard InChI is InChI=1S/C12H21NO3/c1-15-11(14)12(5-2-6-12)9-13-10-3-7-16-8-4-10/h10,13H,2-9H2,1H3. The van der Waals surface area contributed by atoms with Crippen molar-refractivity contribution in [3.63, 3.8) is 0 Å². The summed E-state index contributed by atoms with van der Waals surface area (Å²) in [5.74, 6) is -0.0432. The SMILES string of the molecule is COC(=O)C1(CNC2CCOCC2)CCC1. The molecular weight excluding hydrogens is 206 g/mol. The van der Waals surface area contributed by atoms with Crippen LogP contribution in [0, 0.1) is 5.41 Å². The first-order chi connectivity index (χ1) is 7.77. The van der Waals surface area contributed by atoms with Crippen LogP contribution in [0.4, 0.5) is 0 Å². The lowest BCUT2D eigenvalue weighted by Gasteiger charge is -2.40. The molecule has 1 aliphatic heterocycles. The largest absolute Gasteiger partial charge is 0.469 e. The minimum Gasteiger partial charge on any atom is -0.469 e. The van der Waals surface area contributed by atoms with Crippen LogP contribution in [-0.4, -0.2) is 38.9 Å². The van der Waals surface area contributed by atoms with Gasteiger partial charge in [0.1, 0.15) is 0 Å². The van der Waals surface area contributed by atoms with E-state index in [4.69, 9.17) is 9.47 Å². The maximum absolute atomic E-state index is 11.7. The van der Waals surface area contributed by atoms with Crippen molar-refractivity contribution in [2.24, 2.45) is 5.41 Å². The van der Waals surface area contributed by atoms with E-state index in [9.17, 15) is 4.79 Å². The van der Waals surface area contributed by atoms with Crippen LogP contribution >= 0.6 is 0 Å². The molecule has 0 aromatic carbocycles. The number of carbonyl (C=O) groups excluding carboxylic acids is 1. The predicted molar refractivity (Wildman–Crippen MR) is 60.1 cm³/mol. The number of esters is 1. The molecule has 1 saturated heterocycles. The molecule has 1 N–H and O–H groups in total. The number of hydrogen-bond acceptors (Lipinski definition) is 4. The Morgan fingerprint density at radius 2 is 2.12 bits per heavy atom. The van der Waals surface area contributed by atoms with Gasteiger partial charge in [-0.25, -0.2) is 0 Å². The van der Waals surface area contributed by atoms with Crippen molar-refractivity contribution >= 4 is 5.97 Å². The number of rotatable bonds is 4. The van der Waals surface area contributed by atoms with E-state index in [1.165, 1.54) is 7.11 Å². The Labute approximate surface area is 96.7 Å². The van der Waals surface area contributed by atoms with Crippen molar-refractivity contribution < 1.29 is 14.3 Å². The van der Waals surface area contributed by atoms with Gasteiger partial charge in [0.05, 0.1) is 12.5 Å². The van der Waals surface area contributed by atoms with E-state index < -0.39 is 0 Å². The van der Waals surface area contributed by atoms with Crippen LogP contribution in [0.1, 0.15) is 32.1 Å². The highest BCUT2D eigenvalue weighted by molar-refractivity contribution is 5.78. The second kappa shape index (κ2) is 5.15. The molecule has 16 heavy (non-hydrogen) atoms. The molecule has 0 unspecified atom stereocenters. The molecule has 0 spiro atoms. The molecule has 0 amide bonds. The summed E-state index contributed by atoms with van der Waals surface area (Å²) in [6.45, 7) is 2.44. The van der Waals surface area contributed by atoms with Gasteiger partial charge in [-0.1, -0.05) is 6.42 Å². The van der Waals surface area contributed by atoms with Gasteiger partial charge in [-0.3, -0.25) is 4.79 Å². The van der Waals surface area contributed by atoms with Gasteiger partial charge in [0.2, 0.25) is 0 Å². The summed E-state index contributed by atoms with van der Waals surface area (Å²) in [4.78, 5) is 11.7. The fourth-order valence-corrected chi connectivity index (χ4v) is 2.51. The quantitative estimate of drug-likeness (QED) is 0.731. The van der Waals surface area contributed by atoms with Crippen LogP contribution in [0.5, 0.6) is 0 Å². The zero-order valence-corrected chi connectivity index (χ0v) is 9.96. The molecule has 0 atom stereocenters. The third kappa shape index (κ3) is 2.38. The summed E-state index contributed by atoms with van der Waals surface area (Å²) >= 11 is 0. The first kappa shape index (κ1) is 11.9. The number of nitrogens with one attached hydrogen (secondary N) is 1. The lowest BCUT2D eigenvalue weighted by atomic mass is 9.68.